The third-order valence-corrected chi connectivity index (χ3v) is 14.3. The Kier molecular flexibility index (Phi) is 17.5. The van der Waals surface area contributed by atoms with Gasteiger partial charge in [0.1, 0.15) is 39.9 Å². The first-order valence-corrected chi connectivity index (χ1v) is 26.0. The van der Waals surface area contributed by atoms with Crippen LogP contribution in [0.4, 0.5) is 15.3 Å². The number of carbonyl (C=O) groups excluding carboxylic acids is 3. The van der Waals surface area contributed by atoms with E-state index in [9.17, 15) is 22.8 Å². The topological polar surface area (TPSA) is 249 Å². The molecule has 0 spiro atoms. The van der Waals surface area contributed by atoms with Gasteiger partial charge in [-0.15, -0.1) is 10.2 Å². The Morgan fingerprint density at radius 3 is 1.70 bits per heavy atom. The highest BCUT2D eigenvalue weighted by Crippen LogP contribution is 2.42. The maximum Gasteiger partial charge on any atom is 0.408 e. The van der Waals surface area contributed by atoms with Gasteiger partial charge in [-0.3, -0.25) is 4.79 Å². The van der Waals surface area contributed by atoms with Crippen molar-refractivity contribution in [3.8, 4) is 39.8 Å². The number of benzene rings is 5. The number of nitrogens with one attached hydrogen (secondary N) is 3. The quantitative estimate of drug-likeness (QED) is 0.0682. The molecule has 0 unspecified atom stereocenters. The molecule has 0 fully saturated rings. The number of carbonyl (C=O) groups is 3. The highest BCUT2D eigenvalue weighted by Gasteiger charge is 2.38. The second kappa shape index (κ2) is 23.3. The minimum Gasteiger partial charge on any atom is -0.497 e. The number of alkyl carbamates (subject to hydrolysis) is 2. The molecule has 6 rings (SSSR count). The number of amides is 3. The van der Waals surface area contributed by atoms with Crippen LogP contribution >= 0.6 is 0 Å². The van der Waals surface area contributed by atoms with Gasteiger partial charge < -0.3 is 39.6 Å². The number of tetrazole rings is 1. The molecule has 0 bridgehead atoms. The minimum atomic E-state index is -5.01. The number of hydrogen-bond donors (Lipinski definition) is 3. The monoisotopic (exact) mass is 1040 g/mol. The Hall–Kier alpha value is -7.56. The smallest absolute Gasteiger partial charge is 0.408 e. The molecular formula is C51H60N8O12S2. The van der Waals surface area contributed by atoms with E-state index in [2.05, 4.69) is 31.4 Å². The van der Waals surface area contributed by atoms with E-state index in [-0.39, 0.29) is 42.3 Å². The van der Waals surface area contributed by atoms with E-state index in [1.54, 1.807) is 139 Å². The first-order chi connectivity index (χ1) is 34.5. The van der Waals surface area contributed by atoms with E-state index in [1.807, 2.05) is 0 Å². The van der Waals surface area contributed by atoms with Gasteiger partial charge in [-0.2, -0.15) is 9.10 Å². The molecule has 0 saturated heterocycles. The zero-order chi connectivity index (χ0) is 53.1. The summed E-state index contributed by atoms with van der Waals surface area (Å²) in [6.07, 6.45) is -1.67. The molecule has 0 radical (unpaired) electrons. The predicted molar refractivity (Wildman–Crippen MR) is 272 cm³/mol. The number of sulfonamides is 1. The molecule has 0 saturated carbocycles. The summed E-state index contributed by atoms with van der Waals surface area (Å²) >= 11 is 0. The number of hydrogen-bond acceptors (Lipinski definition) is 15. The molecule has 22 heteroatoms. The largest absolute Gasteiger partial charge is 0.497 e. The molecule has 3 amide bonds. The number of anilines is 1. The summed E-state index contributed by atoms with van der Waals surface area (Å²) in [6.45, 7) is 8.70. The second-order valence-corrected chi connectivity index (χ2v) is 22.5. The zero-order valence-corrected chi connectivity index (χ0v) is 43.7. The van der Waals surface area contributed by atoms with Crippen LogP contribution in [0.15, 0.2) is 119 Å². The third kappa shape index (κ3) is 15.2. The molecule has 20 nitrogen and oxygen atoms in total. The molecule has 1 heterocycles. The van der Waals surface area contributed by atoms with E-state index >= 15 is 8.42 Å². The second-order valence-electron chi connectivity index (χ2n) is 18.5. The SMILES string of the molecule is COc1ccc(CN(Cc2ccc(OC)cc2)S(=O)(=O)c2c(S(=O)(=O)CCNC(=O)OC(C)(C)C)ccc(-c3cccc(NC(=O)CNC(=O)OC(C)(C)C)c3)c2-c2nnn(Cc3ccc(OC)cc3)n2)cc1. The van der Waals surface area contributed by atoms with Crippen LogP contribution in [0.1, 0.15) is 58.2 Å². The van der Waals surface area contributed by atoms with Gasteiger partial charge >= 0.3 is 12.2 Å². The number of ether oxygens (including phenoxy) is 5. The zero-order valence-electron chi connectivity index (χ0n) is 42.1. The molecular weight excluding hydrogens is 981 g/mol. The molecule has 0 aliphatic rings. The van der Waals surface area contributed by atoms with E-state index in [4.69, 9.17) is 23.7 Å². The van der Waals surface area contributed by atoms with Crippen molar-refractivity contribution >= 4 is 43.6 Å². The van der Waals surface area contributed by atoms with Gasteiger partial charge in [0.25, 0.3) is 0 Å². The molecule has 6 aromatic rings. The molecule has 0 atom stereocenters. The lowest BCUT2D eigenvalue weighted by atomic mass is 9.98. The summed E-state index contributed by atoms with van der Waals surface area (Å²) in [5.41, 5.74) is 0.584. The number of methoxy groups -OCH3 is 3. The summed E-state index contributed by atoms with van der Waals surface area (Å²) < 4.78 is 89.7. The molecule has 3 N–H and O–H groups in total. The number of aromatic nitrogens is 4. The van der Waals surface area contributed by atoms with E-state index < -0.39 is 77.8 Å². The molecule has 388 valence electrons. The number of nitrogens with zero attached hydrogens (tertiary/aromatic N) is 5. The number of sulfone groups is 1. The van der Waals surface area contributed by atoms with Crippen LogP contribution in [-0.2, 0) is 53.8 Å². The lowest BCUT2D eigenvalue weighted by Crippen LogP contribution is -2.37. The fraction of sp³-hybridized carbons (Fsp3) is 0.333. The standard InChI is InChI=1S/C51H60N8O12S2/c1-50(2,3)70-48(61)52-27-28-72(63,64)43-26-25-42(37-11-10-12-38(29-37)54-44(60)30-53-49(62)71-51(4,5)6)45(47-55-57-59(56-47)33-36-17-23-41(69-9)24-18-36)46(43)73(65,66)58(31-34-13-19-39(67-7)20-14-34)32-35-15-21-40(68-8)22-16-35/h10-26,29H,27-28,30-33H2,1-9H3,(H,52,61)(H,53,62)(H,54,60). The molecule has 1 aromatic heterocycles. The van der Waals surface area contributed by atoms with Crippen molar-refractivity contribution in [1.29, 1.82) is 0 Å². The van der Waals surface area contributed by atoms with Gasteiger partial charge in [-0.25, -0.2) is 26.4 Å². The van der Waals surface area contributed by atoms with Gasteiger partial charge in [0.15, 0.2) is 9.84 Å². The number of rotatable bonds is 20. The average molecular weight is 1040 g/mol. The summed E-state index contributed by atoms with van der Waals surface area (Å²) in [7, 11) is -5.10. The Balaban J connectivity index is 1.57. The fourth-order valence-corrected chi connectivity index (χ4v) is 10.8. The maximum absolute atomic E-state index is 16.1. The van der Waals surface area contributed by atoms with Crippen molar-refractivity contribution in [3.05, 3.63) is 126 Å². The van der Waals surface area contributed by atoms with Crippen LogP contribution in [0.3, 0.4) is 0 Å². The fourth-order valence-electron chi connectivity index (χ4n) is 7.20. The van der Waals surface area contributed by atoms with Crippen molar-refractivity contribution < 1.29 is 54.9 Å². The van der Waals surface area contributed by atoms with Gasteiger partial charge in [-0.05, 0) is 129 Å². The van der Waals surface area contributed by atoms with Crippen LogP contribution in [0, 0.1) is 0 Å². The lowest BCUT2D eigenvalue weighted by Gasteiger charge is -2.26. The average Bonchev–Trinajstić information content (AvgIpc) is 3.80. The first kappa shape index (κ1) is 54.8. The normalized spacial score (nSPS) is 11.9. The van der Waals surface area contributed by atoms with Crippen LogP contribution in [-0.4, -0.2) is 111 Å². The van der Waals surface area contributed by atoms with Crippen molar-refractivity contribution in [2.75, 3.05) is 45.5 Å². The van der Waals surface area contributed by atoms with Gasteiger partial charge in [0.2, 0.25) is 21.8 Å². The molecule has 73 heavy (non-hydrogen) atoms. The predicted octanol–water partition coefficient (Wildman–Crippen LogP) is 7.23. The van der Waals surface area contributed by atoms with Crippen molar-refractivity contribution in [3.63, 3.8) is 0 Å². The maximum atomic E-state index is 16.1. The molecule has 0 aliphatic heterocycles. The third-order valence-electron chi connectivity index (χ3n) is 10.5. The summed E-state index contributed by atoms with van der Waals surface area (Å²) in [4.78, 5) is 38.2. The van der Waals surface area contributed by atoms with Gasteiger partial charge in [0, 0.05) is 25.3 Å². The highest BCUT2D eigenvalue weighted by atomic mass is 32.2. The molecule has 5 aromatic carbocycles. The summed E-state index contributed by atoms with van der Waals surface area (Å²) in [6, 6.07) is 29.6. The van der Waals surface area contributed by atoms with Gasteiger partial charge in [-0.1, -0.05) is 54.6 Å². The van der Waals surface area contributed by atoms with E-state index in [0.29, 0.717) is 33.9 Å². The van der Waals surface area contributed by atoms with Crippen molar-refractivity contribution in [2.45, 2.75) is 82.2 Å². The lowest BCUT2D eigenvalue weighted by molar-refractivity contribution is -0.115. The van der Waals surface area contributed by atoms with E-state index in [0.717, 1.165) is 9.87 Å². The Bertz CT molecular complexity index is 3070. The Morgan fingerprint density at radius 2 is 1.18 bits per heavy atom. The van der Waals surface area contributed by atoms with Crippen molar-refractivity contribution in [1.82, 2.24) is 35.1 Å². The van der Waals surface area contributed by atoms with Crippen LogP contribution < -0.4 is 30.2 Å². The van der Waals surface area contributed by atoms with Crippen LogP contribution in [0.25, 0.3) is 22.5 Å². The van der Waals surface area contributed by atoms with Crippen LogP contribution in [0.2, 0.25) is 0 Å². The molecule has 0 aliphatic carbocycles. The minimum absolute atomic E-state index is 0.0721. The Morgan fingerprint density at radius 1 is 0.658 bits per heavy atom. The first-order valence-electron chi connectivity index (χ1n) is 22.9. The van der Waals surface area contributed by atoms with Crippen LogP contribution in [0.5, 0.6) is 17.2 Å². The summed E-state index contributed by atoms with van der Waals surface area (Å²) in [5, 5.41) is 21.0. The highest BCUT2D eigenvalue weighted by molar-refractivity contribution is 7.93. The van der Waals surface area contributed by atoms with Crippen molar-refractivity contribution in [2.24, 2.45) is 0 Å². The Labute approximate surface area is 425 Å². The van der Waals surface area contributed by atoms with E-state index in [1.165, 1.54) is 38.3 Å². The van der Waals surface area contributed by atoms with Gasteiger partial charge in [0.05, 0.1) is 44.1 Å². The summed E-state index contributed by atoms with van der Waals surface area (Å²) in [5.74, 6) is 0.0541.